The van der Waals surface area contributed by atoms with E-state index in [1.165, 1.54) is 10.7 Å². The Morgan fingerprint density at radius 3 is 2.54 bits per heavy atom. The number of hydrogen-bond acceptors (Lipinski definition) is 4. The third-order valence-electron chi connectivity index (χ3n) is 3.67. The fourth-order valence-corrected chi connectivity index (χ4v) is 2.11. The van der Waals surface area contributed by atoms with E-state index >= 15 is 0 Å². The first kappa shape index (κ1) is 18.1. The predicted octanol–water partition coefficient (Wildman–Crippen LogP) is 2.28. The fraction of sp³-hybridized carbons (Fsp3) is 0.471. The van der Waals surface area contributed by atoms with Crippen LogP contribution in [0.5, 0.6) is 0 Å². The van der Waals surface area contributed by atoms with Gasteiger partial charge >= 0.3 is 0 Å². The molecule has 6 nitrogen and oxygen atoms in total. The number of halogens is 1. The molecule has 1 atom stereocenters. The molecule has 24 heavy (non-hydrogen) atoms. The molecule has 2 N–H and O–H groups in total. The van der Waals surface area contributed by atoms with Gasteiger partial charge in [-0.2, -0.15) is 0 Å². The number of nitrogens with one attached hydrogen (secondary N) is 1. The summed E-state index contributed by atoms with van der Waals surface area (Å²) in [7, 11) is 0. The van der Waals surface area contributed by atoms with Crippen molar-refractivity contribution in [2.24, 2.45) is 5.92 Å². The summed E-state index contributed by atoms with van der Waals surface area (Å²) in [5, 5.41) is 16.5. The van der Waals surface area contributed by atoms with E-state index in [9.17, 15) is 14.3 Å². The highest BCUT2D eigenvalue weighted by atomic mass is 19.1. The van der Waals surface area contributed by atoms with Gasteiger partial charge in [-0.15, -0.1) is 5.10 Å². The van der Waals surface area contributed by atoms with Gasteiger partial charge in [0.15, 0.2) is 0 Å². The molecule has 1 aromatic carbocycles. The molecule has 1 amide bonds. The number of aromatic nitrogens is 3. The quantitative estimate of drug-likeness (QED) is 0.849. The molecule has 0 saturated carbocycles. The number of nitrogens with zero attached hydrogens (tertiary/aromatic N) is 3. The van der Waals surface area contributed by atoms with Gasteiger partial charge in [-0.25, -0.2) is 14.1 Å². The van der Waals surface area contributed by atoms with Crippen molar-refractivity contribution < 1.29 is 14.3 Å². The molecule has 1 unspecified atom stereocenters. The lowest BCUT2D eigenvalue weighted by Gasteiger charge is -2.14. The van der Waals surface area contributed by atoms with Crippen molar-refractivity contribution >= 4 is 5.91 Å². The summed E-state index contributed by atoms with van der Waals surface area (Å²) in [6.45, 7) is 7.62. The van der Waals surface area contributed by atoms with Crippen molar-refractivity contribution in [2.45, 2.75) is 39.7 Å². The SMILES string of the molecule is CC(C)c1nc(C(=O)NCC(O)C(C)C)nn1-c1ccccc1F. The largest absolute Gasteiger partial charge is 0.391 e. The Hall–Kier alpha value is -2.28. The smallest absolute Gasteiger partial charge is 0.291 e. The molecule has 0 bridgehead atoms. The zero-order chi connectivity index (χ0) is 17.9. The average molecular weight is 334 g/mol. The van der Waals surface area contributed by atoms with Crippen LogP contribution < -0.4 is 5.32 Å². The topological polar surface area (TPSA) is 80.0 Å². The van der Waals surface area contributed by atoms with Gasteiger partial charge in [-0.1, -0.05) is 39.8 Å². The summed E-state index contributed by atoms with van der Waals surface area (Å²) in [4.78, 5) is 16.5. The Morgan fingerprint density at radius 2 is 1.96 bits per heavy atom. The summed E-state index contributed by atoms with van der Waals surface area (Å²) in [5.41, 5.74) is 0.245. The zero-order valence-corrected chi connectivity index (χ0v) is 14.3. The molecular weight excluding hydrogens is 311 g/mol. The molecule has 0 aliphatic heterocycles. The van der Waals surface area contributed by atoms with Gasteiger partial charge in [-0.3, -0.25) is 4.79 Å². The van der Waals surface area contributed by atoms with Crippen LogP contribution in [0.4, 0.5) is 4.39 Å². The van der Waals surface area contributed by atoms with E-state index in [0.29, 0.717) is 5.82 Å². The number of carbonyl (C=O) groups excluding carboxylic acids is 1. The summed E-state index contributed by atoms with van der Waals surface area (Å²) in [6.07, 6.45) is -0.646. The van der Waals surface area contributed by atoms with E-state index in [2.05, 4.69) is 15.4 Å². The van der Waals surface area contributed by atoms with Crippen LogP contribution >= 0.6 is 0 Å². The van der Waals surface area contributed by atoms with Crippen molar-refractivity contribution in [1.82, 2.24) is 20.1 Å². The molecule has 0 saturated heterocycles. The van der Waals surface area contributed by atoms with Crippen molar-refractivity contribution in [3.05, 3.63) is 41.7 Å². The van der Waals surface area contributed by atoms with Gasteiger partial charge in [0.2, 0.25) is 5.82 Å². The number of para-hydroxylation sites is 1. The molecule has 2 aromatic rings. The number of hydrogen-bond donors (Lipinski definition) is 2. The Bertz CT molecular complexity index is 712. The van der Waals surface area contributed by atoms with E-state index in [-0.39, 0.29) is 29.9 Å². The maximum atomic E-state index is 14.0. The van der Waals surface area contributed by atoms with Crippen LogP contribution in [0.1, 0.15) is 50.1 Å². The van der Waals surface area contributed by atoms with Gasteiger partial charge in [0.05, 0.1) is 6.10 Å². The number of aliphatic hydroxyl groups excluding tert-OH is 1. The first-order valence-corrected chi connectivity index (χ1v) is 7.99. The van der Waals surface area contributed by atoms with E-state index in [4.69, 9.17) is 0 Å². The minimum atomic E-state index is -0.646. The highest BCUT2D eigenvalue weighted by molar-refractivity contribution is 5.90. The molecule has 0 fully saturated rings. The predicted molar refractivity (Wildman–Crippen MR) is 88.6 cm³/mol. The number of aliphatic hydroxyl groups is 1. The highest BCUT2D eigenvalue weighted by Crippen LogP contribution is 2.19. The van der Waals surface area contributed by atoms with Crippen LogP contribution in [0.25, 0.3) is 5.69 Å². The number of benzene rings is 1. The standard InChI is InChI=1S/C17H23FN4O2/c1-10(2)14(23)9-19-17(24)15-20-16(11(3)4)22(21-15)13-8-6-5-7-12(13)18/h5-8,10-11,14,23H,9H2,1-4H3,(H,19,24). The lowest BCUT2D eigenvalue weighted by Crippen LogP contribution is -2.35. The first-order chi connectivity index (χ1) is 11.3. The van der Waals surface area contributed by atoms with E-state index in [1.807, 2.05) is 27.7 Å². The molecule has 0 aliphatic rings. The third-order valence-corrected chi connectivity index (χ3v) is 3.67. The lowest BCUT2D eigenvalue weighted by atomic mass is 10.1. The maximum Gasteiger partial charge on any atom is 0.291 e. The molecule has 1 aromatic heterocycles. The molecule has 2 rings (SSSR count). The first-order valence-electron chi connectivity index (χ1n) is 7.99. The number of amides is 1. The summed E-state index contributed by atoms with van der Waals surface area (Å²) < 4.78 is 15.4. The fourth-order valence-electron chi connectivity index (χ4n) is 2.11. The molecule has 7 heteroatoms. The number of rotatable bonds is 6. The van der Waals surface area contributed by atoms with Crippen molar-refractivity contribution in [3.8, 4) is 5.69 Å². The Morgan fingerprint density at radius 1 is 1.29 bits per heavy atom. The van der Waals surface area contributed by atoms with E-state index in [0.717, 1.165) is 0 Å². The molecule has 130 valence electrons. The zero-order valence-electron chi connectivity index (χ0n) is 14.3. The van der Waals surface area contributed by atoms with Crippen molar-refractivity contribution in [2.75, 3.05) is 6.54 Å². The van der Waals surface area contributed by atoms with Crippen LogP contribution in [-0.2, 0) is 0 Å². The number of carbonyl (C=O) groups is 1. The van der Waals surface area contributed by atoms with Gasteiger partial charge in [-0.05, 0) is 18.1 Å². The van der Waals surface area contributed by atoms with Gasteiger partial charge in [0.25, 0.3) is 5.91 Å². The molecule has 0 spiro atoms. The van der Waals surface area contributed by atoms with Gasteiger partial charge < -0.3 is 10.4 Å². The van der Waals surface area contributed by atoms with Crippen LogP contribution in [0.2, 0.25) is 0 Å². The van der Waals surface area contributed by atoms with Crippen molar-refractivity contribution in [3.63, 3.8) is 0 Å². The third kappa shape index (κ3) is 3.97. The summed E-state index contributed by atoms with van der Waals surface area (Å²) >= 11 is 0. The van der Waals surface area contributed by atoms with Gasteiger partial charge in [0.1, 0.15) is 17.3 Å². The Kier molecular flexibility index (Phi) is 5.66. The minimum Gasteiger partial charge on any atom is -0.391 e. The highest BCUT2D eigenvalue weighted by Gasteiger charge is 2.21. The van der Waals surface area contributed by atoms with Crippen LogP contribution in [0.3, 0.4) is 0 Å². The monoisotopic (exact) mass is 334 g/mol. The minimum absolute atomic E-state index is 0.0282. The van der Waals surface area contributed by atoms with Crippen LogP contribution in [0.15, 0.2) is 24.3 Å². The normalized spacial score (nSPS) is 12.7. The molecule has 0 radical (unpaired) electrons. The lowest BCUT2D eigenvalue weighted by molar-refractivity contribution is 0.0862. The molecular formula is C17H23FN4O2. The molecule has 0 aliphatic carbocycles. The van der Waals surface area contributed by atoms with E-state index in [1.54, 1.807) is 18.2 Å². The second kappa shape index (κ2) is 7.53. The molecule has 1 heterocycles. The average Bonchev–Trinajstić information content (AvgIpc) is 2.98. The van der Waals surface area contributed by atoms with Crippen LogP contribution in [-0.4, -0.2) is 38.4 Å². The summed E-state index contributed by atoms with van der Waals surface area (Å²) in [6, 6.07) is 6.20. The van der Waals surface area contributed by atoms with Crippen LogP contribution in [0, 0.1) is 11.7 Å². The Balaban J connectivity index is 2.29. The second-order valence-electron chi connectivity index (χ2n) is 6.33. The second-order valence-corrected chi connectivity index (χ2v) is 6.33. The van der Waals surface area contributed by atoms with E-state index < -0.39 is 17.8 Å². The maximum absolute atomic E-state index is 14.0. The Labute approximate surface area is 140 Å². The summed E-state index contributed by atoms with van der Waals surface area (Å²) in [5.74, 6) is -0.494. The van der Waals surface area contributed by atoms with Gasteiger partial charge in [0, 0.05) is 12.5 Å². The van der Waals surface area contributed by atoms with Crippen molar-refractivity contribution in [1.29, 1.82) is 0 Å².